The van der Waals surface area contributed by atoms with Crippen LogP contribution in [0, 0.1) is 0 Å². The van der Waals surface area contributed by atoms with E-state index in [2.05, 4.69) is 4.99 Å². The maximum absolute atomic E-state index is 6.20. The van der Waals surface area contributed by atoms with E-state index in [0.29, 0.717) is 23.6 Å². The van der Waals surface area contributed by atoms with E-state index < -0.39 is 0 Å². The summed E-state index contributed by atoms with van der Waals surface area (Å²) in [6.45, 7) is 0.512. The van der Waals surface area contributed by atoms with Crippen LogP contribution in [-0.4, -0.2) is 30.6 Å². The molecular formula is C13H17ClIN3O. The van der Waals surface area contributed by atoms with Crippen LogP contribution in [0.5, 0.6) is 5.75 Å². The lowest BCUT2D eigenvalue weighted by Crippen LogP contribution is -2.36. The van der Waals surface area contributed by atoms with Gasteiger partial charge < -0.3 is 15.4 Å². The monoisotopic (exact) mass is 393 g/mol. The van der Waals surface area contributed by atoms with Crippen LogP contribution in [0.25, 0.3) is 0 Å². The van der Waals surface area contributed by atoms with Crippen LogP contribution in [0.15, 0.2) is 23.2 Å². The second-order valence-corrected chi connectivity index (χ2v) is 5.22. The van der Waals surface area contributed by atoms with Crippen molar-refractivity contribution in [3.8, 4) is 5.75 Å². The SMILES string of the molecule is CN(C(N)=NC1COc2cccc(Cl)c21)C1CC1.I. The molecular weight excluding hydrogens is 377 g/mol. The van der Waals surface area contributed by atoms with E-state index >= 15 is 0 Å². The van der Waals surface area contributed by atoms with E-state index in [9.17, 15) is 0 Å². The number of rotatable bonds is 2. The van der Waals surface area contributed by atoms with Crippen LogP contribution in [-0.2, 0) is 0 Å². The third-order valence-electron chi connectivity index (χ3n) is 3.49. The van der Waals surface area contributed by atoms with Crippen molar-refractivity contribution in [3.63, 3.8) is 0 Å². The van der Waals surface area contributed by atoms with Gasteiger partial charge in [-0.25, -0.2) is 4.99 Å². The third-order valence-corrected chi connectivity index (χ3v) is 3.82. The number of hydrogen-bond donors (Lipinski definition) is 1. The molecule has 1 unspecified atom stereocenters. The molecule has 1 aromatic rings. The fourth-order valence-corrected chi connectivity index (χ4v) is 2.51. The number of nitrogens with two attached hydrogens (primary N) is 1. The first-order valence-electron chi connectivity index (χ1n) is 6.14. The van der Waals surface area contributed by atoms with Crippen LogP contribution < -0.4 is 10.5 Å². The van der Waals surface area contributed by atoms with Gasteiger partial charge in [0.05, 0.1) is 0 Å². The Labute approximate surface area is 135 Å². The third kappa shape index (κ3) is 2.91. The number of nitrogens with zero attached hydrogens (tertiary/aromatic N) is 2. The van der Waals surface area contributed by atoms with Crippen LogP contribution in [0.4, 0.5) is 0 Å². The first-order valence-corrected chi connectivity index (χ1v) is 6.52. The topological polar surface area (TPSA) is 50.8 Å². The lowest BCUT2D eigenvalue weighted by molar-refractivity contribution is 0.332. The van der Waals surface area contributed by atoms with E-state index in [0.717, 1.165) is 11.3 Å². The minimum Gasteiger partial charge on any atom is -0.491 e. The Morgan fingerprint density at radius 2 is 2.21 bits per heavy atom. The quantitative estimate of drug-likeness (QED) is 0.477. The predicted molar refractivity (Wildman–Crippen MR) is 87.5 cm³/mol. The van der Waals surface area contributed by atoms with Crippen molar-refractivity contribution in [3.05, 3.63) is 28.8 Å². The van der Waals surface area contributed by atoms with Crippen LogP contribution in [0.2, 0.25) is 5.02 Å². The van der Waals surface area contributed by atoms with Crippen molar-refractivity contribution in [2.24, 2.45) is 10.7 Å². The summed E-state index contributed by atoms with van der Waals surface area (Å²) in [6.07, 6.45) is 2.40. The summed E-state index contributed by atoms with van der Waals surface area (Å²) in [5, 5.41) is 0.695. The molecule has 1 aromatic carbocycles. The Kier molecular flexibility index (Phi) is 4.45. The number of hydrogen-bond acceptors (Lipinski definition) is 2. The molecule has 2 N–H and O–H groups in total. The molecule has 0 aromatic heterocycles. The number of halogens is 2. The van der Waals surface area contributed by atoms with E-state index in [1.165, 1.54) is 12.8 Å². The minimum absolute atomic E-state index is 0. The minimum atomic E-state index is -0.0881. The van der Waals surface area contributed by atoms with Crippen LogP contribution in [0.1, 0.15) is 24.4 Å². The average molecular weight is 394 g/mol. The molecule has 0 amide bonds. The first kappa shape index (κ1) is 14.7. The Bertz CT molecular complexity index is 505. The summed E-state index contributed by atoms with van der Waals surface area (Å²) < 4.78 is 5.58. The molecule has 0 saturated heterocycles. The smallest absolute Gasteiger partial charge is 0.191 e. The maximum atomic E-state index is 6.20. The van der Waals surface area contributed by atoms with E-state index in [1.807, 2.05) is 30.1 Å². The number of benzene rings is 1. The molecule has 1 aliphatic carbocycles. The lowest BCUT2D eigenvalue weighted by atomic mass is 10.1. The molecule has 1 aliphatic heterocycles. The Morgan fingerprint density at radius 1 is 1.47 bits per heavy atom. The largest absolute Gasteiger partial charge is 0.491 e. The second kappa shape index (κ2) is 5.75. The molecule has 0 bridgehead atoms. The van der Waals surface area contributed by atoms with Crippen molar-refractivity contribution in [2.45, 2.75) is 24.9 Å². The molecule has 6 heteroatoms. The number of guanidine groups is 1. The van der Waals surface area contributed by atoms with Crippen molar-refractivity contribution in [2.75, 3.05) is 13.7 Å². The van der Waals surface area contributed by atoms with Gasteiger partial charge in [-0.1, -0.05) is 17.7 Å². The lowest BCUT2D eigenvalue weighted by Gasteiger charge is -2.18. The Hall–Kier alpha value is -0.690. The van der Waals surface area contributed by atoms with Gasteiger partial charge in [-0.15, -0.1) is 24.0 Å². The maximum Gasteiger partial charge on any atom is 0.191 e. The molecule has 1 fully saturated rings. The predicted octanol–water partition coefficient (Wildman–Crippen LogP) is 2.80. The number of ether oxygens (including phenoxy) is 1. The van der Waals surface area contributed by atoms with Gasteiger partial charge in [0.15, 0.2) is 5.96 Å². The summed E-state index contributed by atoms with van der Waals surface area (Å²) in [4.78, 5) is 6.59. The van der Waals surface area contributed by atoms with E-state index in [-0.39, 0.29) is 30.0 Å². The zero-order chi connectivity index (χ0) is 12.7. The molecule has 104 valence electrons. The summed E-state index contributed by atoms with van der Waals surface area (Å²) in [5.74, 6) is 1.39. The summed E-state index contributed by atoms with van der Waals surface area (Å²) in [5.41, 5.74) is 6.97. The van der Waals surface area contributed by atoms with Gasteiger partial charge in [0.2, 0.25) is 0 Å². The van der Waals surface area contributed by atoms with E-state index in [1.54, 1.807) is 0 Å². The molecule has 2 aliphatic rings. The van der Waals surface area contributed by atoms with Crippen LogP contribution in [0.3, 0.4) is 0 Å². The summed E-state index contributed by atoms with van der Waals surface area (Å²) in [6, 6.07) is 6.12. The Morgan fingerprint density at radius 3 is 2.89 bits per heavy atom. The Balaban J connectivity index is 0.00000133. The molecule has 4 nitrogen and oxygen atoms in total. The summed E-state index contributed by atoms with van der Waals surface area (Å²) >= 11 is 6.20. The van der Waals surface area contributed by atoms with Crippen molar-refractivity contribution < 1.29 is 4.74 Å². The molecule has 0 spiro atoms. The fourth-order valence-electron chi connectivity index (χ4n) is 2.22. The van der Waals surface area contributed by atoms with Gasteiger partial charge in [-0.2, -0.15) is 0 Å². The average Bonchev–Trinajstić information content (AvgIpc) is 3.12. The number of fused-ring (bicyclic) bond motifs is 1. The highest BCUT2D eigenvalue weighted by Gasteiger charge is 2.30. The molecule has 1 heterocycles. The zero-order valence-corrected chi connectivity index (χ0v) is 13.8. The normalized spacial score (nSPS) is 21.4. The zero-order valence-electron chi connectivity index (χ0n) is 10.7. The highest BCUT2D eigenvalue weighted by atomic mass is 127. The van der Waals surface area contributed by atoms with Crippen molar-refractivity contribution in [1.29, 1.82) is 0 Å². The van der Waals surface area contributed by atoms with Crippen molar-refractivity contribution in [1.82, 2.24) is 4.90 Å². The highest BCUT2D eigenvalue weighted by molar-refractivity contribution is 14.0. The van der Waals surface area contributed by atoms with Gasteiger partial charge in [-0.3, -0.25) is 0 Å². The molecule has 3 rings (SSSR count). The molecule has 1 atom stereocenters. The molecule has 0 radical (unpaired) electrons. The van der Waals surface area contributed by atoms with Gasteiger partial charge in [-0.05, 0) is 25.0 Å². The fraction of sp³-hybridized carbons (Fsp3) is 0.462. The number of aliphatic imine (C=N–C) groups is 1. The van der Waals surface area contributed by atoms with Crippen molar-refractivity contribution >= 4 is 41.5 Å². The van der Waals surface area contributed by atoms with Crippen LogP contribution >= 0.6 is 35.6 Å². The summed E-state index contributed by atoms with van der Waals surface area (Å²) in [7, 11) is 1.99. The standard InChI is InChI=1S/C13H16ClN3O.HI/c1-17(8-5-6-8)13(15)16-10-7-18-11-4-2-3-9(14)12(10)11;/h2-4,8,10H,5-7H2,1H3,(H2,15,16);1H. The van der Waals surface area contributed by atoms with Gasteiger partial charge in [0.1, 0.15) is 18.4 Å². The van der Waals surface area contributed by atoms with Gasteiger partial charge in [0, 0.05) is 23.7 Å². The highest BCUT2D eigenvalue weighted by Crippen LogP contribution is 2.39. The molecule has 19 heavy (non-hydrogen) atoms. The van der Waals surface area contributed by atoms with Gasteiger partial charge in [0.25, 0.3) is 0 Å². The van der Waals surface area contributed by atoms with E-state index in [4.69, 9.17) is 22.1 Å². The van der Waals surface area contributed by atoms with Gasteiger partial charge >= 0.3 is 0 Å². The second-order valence-electron chi connectivity index (χ2n) is 4.81. The molecule has 1 saturated carbocycles. The first-order chi connectivity index (χ1) is 8.66.